The molecule has 0 bridgehead atoms. The van der Waals surface area contributed by atoms with Gasteiger partial charge in [0, 0.05) is 10.1 Å². The number of aliphatic hydroxyl groups excluding tert-OH is 1. The SMILES string of the molecule is OC=C1C=CC=C1Br. The number of rotatable bonds is 0. The molecule has 0 aromatic carbocycles. The molecule has 2 heteroatoms. The molecule has 1 nitrogen and oxygen atoms in total. The molecule has 1 aliphatic rings. The van der Waals surface area contributed by atoms with Gasteiger partial charge in [-0.2, -0.15) is 0 Å². The number of halogens is 1. The molecule has 0 unspecified atom stereocenters. The van der Waals surface area contributed by atoms with Crippen LogP contribution in [0.1, 0.15) is 0 Å². The third kappa shape index (κ3) is 0.842. The van der Waals surface area contributed by atoms with Crippen molar-refractivity contribution in [1.82, 2.24) is 0 Å². The third-order valence-corrected chi connectivity index (χ3v) is 1.66. The van der Waals surface area contributed by atoms with E-state index in [2.05, 4.69) is 15.9 Å². The topological polar surface area (TPSA) is 20.2 Å². The zero-order valence-corrected chi connectivity index (χ0v) is 5.72. The van der Waals surface area contributed by atoms with E-state index in [1.807, 2.05) is 18.2 Å². The van der Waals surface area contributed by atoms with Gasteiger partial charge in [-0.25, -0.2) is 0 Å². The number of aliphatic hydroxyl groups is 1. The lowest BCUT2D eigenvalue weighted by Crippen LogP contribution is -1.69. The Morgan fingerprint density at radius 1 is 1.62 bits per heavy atom. The molecule has 0 radical (unpaired) electrons. The highest BCUT2D eigenvalue weighted by Crippen LogP contribution is 2.22. The Labute approximate surface area is 56.2 Å². The fraction of sp³-hybridized carbons (Fsp3) is 0. The molecule has 0 heterocycles. The quantitative estimate of drug-likeness (QED) is 0.557. The van der Waals surface area contributed by atoms with Crippen molar-refractivity contribution in [3.63, 3.8) is 0 Å². The first-order valence-corrected chi connectivity index (χ1v) is 3.02. The monoisotopic (exact) mass is 172 g/mol. The summed E-state index contributed by atoms with van der Waals surface area (Å²) in [5.74, 6) is 0. The molecule has 0 aliphatic heterocycles. The smallest absolute Gasteiger partial charge is 0.0875 e. The van der Waals surface area contributed by atoms with Crippen molar-refractivity contribution in [2.24, 2.45) is 0 Å². The first-order valence-electron chi connectivity index (χ1n) is 2.23. The zero-order chi connectivity index (χ0) is 5.98. The van der Waals surface area contributed by atoms with Gasteiger partial charge in [0.05, 0.1) is 6.26 Å². The summed E-state index contributed by atoms with van der Waals surface area (Å²) in [5.41, 5.74) is 0.824. The average Bonchev–Trinajstić information content (AvgIpc) is 2.14. The van der Waals surface area contributed by atoms with Crippen LogP contribution in [0.15, 0.2) is 34.5 Å². The van der Waals surface area contributed by atoms with Crippen LogP contribution in [-0.2, 0) is 0 Å². The molecule has 1 N–H and O–H groups in total. The number of hydrogen-bond acceptors (Lipinski definition) is 1. The van der Waals surface area contributed by atoms with Crippen molar-refractivity contribution in [3.05, 3.63) is 34.5 Å². The van der Waals surface area contributed by atoms with E-state index in [0.29, 0.717) is 0 Å². The van der Waals surface area contributed by atoms with Gasteiger partial charge >= 0.3 is 0 Å². The molecule has 1 aliphatic carbocycles. The minimum atomic E-state index is 0.824. The Morgan fingerprint density at radius 3 is 2.62 bits per heavy atom. The van der Waals surface area contributed by atoms with E-state index < -0.39 is 0 Å². The first-order chi connectivity index (χ1) is 3.84. The lowest BCUT2D eigenvalue weighted by atomic mass is 10.3. The predicted octanol–water partition coefficient (Wildman–Crippen LogP) is 2.28. The Morgan fingerprint density at radius 2 is 2.38 bits per heavy atom. The predicted molar refractivity (Wildman–Crippen MR) is 36.9 cm³/mol. The van der Waals surface area contributed by atoms with Crippen LogP contribution in [0.3, 0.4) is 0 Å². The van der Waals surface area contributed by atoms with Crippen molar-refractivity contribution < 1.29 is 5.11 Å². The summed E-state index contributed by atoms with van der Waals surface area (Å²) < 4.78 is 0.931. The van der Waals surface area contributed by atoms with Crippen LogP contribution >= 0.6 is 15.9 Å². The molecule has 0 aromatic rings. The van der Waals surface area contributed by atoms with Crippen LogP contribution in [0.4, 0.5) is 0 Å². The molecular weight excluding hydrogens is 168 g/mol. The van der Waals surface area contributed by atoms with E-state index in [9.17, 15) is 0 Å². The second-order valence-corrected chi connectivity index (χ2v) is 2.31. The summed E-state index contributed by atoms with van der Waals surface area (Å²) in [7, 11) is 0. The zero-order valence-electron chi connectivity index (χ0n) is 4.13. The molecule has 1 rings (SSSR count). The van der Waals surface area contributed by atoms with Crippen molar-refractivity contribution in [2.75, 3.05) is 0 Å². The van der Waals surface area contributed by atoms with Gasteiger partial charge in [-0.3, -0.25) is 0 Å². The van der Waals surface area contributed by atoms with Gasteiger partial charge < -0.3 is 5.11 Å². The first kappa shape index (κ1) is 5.63. The van der Waals surface area contributed by atoms with Crippen LogP contribution in [0.5, 0.6) is 0 Å². The average molecular weight is 173 g/mol. The van der Waals surface area contributed by atoms with Gasteiger partial charge in [-0.15, -0.1) is 0 Å². The van der Waals surface area contributed by atoms with Crippen LogP contribution in [0, 0.1) is 0 Å². The number of allylic oxidation sites excluding steroid dienone is 5. The highest BCUT2D eigenvalue weighted by atomic mass is 79.9. The second kappa shape index (κ2) is 2.18. The third-order valence-electron chi connectivity index (χ3n) is 0.933. The Hall–Kier alpha value is -0.500. The molecule has 0 saturated carbocycles. The van der Waals surface area contributed by atoms with Gasteiger partial charge in [0.2, 0.25) is 0 Å². The minimum absolute atomic E-state index is 0.824. The largest absolute Gasteiger partial charge is 0.515 e. The summed E-state index contributed by atoms with van der Waals surface area (Å²) in [5, 5.41) is 8.45. The Kier molecular flexibility index (Phi) is 1.53. The van der Waals surface area contributed by atoms with Crippen molar-refractivity contribution >= 4 is 15.9 Å². The summed E-state index contributed by atoms with van der Waals surface area (Å²) in [6, 6.07) is 0. The fourth-order valence-electron chi connectivity index (χ4n) is 0.517. The minimum Gasteiger partial charge on any atom is -0.515 e. The molecule has 0 spiro atoms. The standard InChI is InChI=1S/C6H5BrO/c7-6-3-1-2-5(6)4-8/h1-4,8H. The maximum Gasteiger partial charge on any atom is 0.0875 e. The van der Waals surface area contributed by atoms with Gasteiger partial charge in [0.1, 0.15) is 0 Å². The molecule has 0 aromatic heterocycles. The fourth-order valence-corrected chi connectivity index (χ4v) is 0.904. The molecule has 0 amide bonds. The van der Waals surface area contributed by atoms with E-state index in [0.717, 1.165) is 16.3 Å². The summed E-state index contributed by atoms with van der Waals surface area (Å²) in [6.45, 7) is 0. The van der Waals surface area contributed by atoms with E-state index >= 15 is 0 Å². The van der Waals surface area contributed by atoms with E-state index in [1.54, 1.807) is 0 Å². The maximum atomic E-state index is 8.45. The molecule has 0 atom stereocenters. The van der Waals surface area contributed by atoms with Gasteiger partial charge in [-0.05, 0) is 6.08 Å². The molecule has 42 valence electrons. The van der Waals surface area contributed by atoms with Crippen molar-refractivity contribution in [1.29, 1.82) is 0 Å². The second-order valence-electron chi connectivity index (χ2n) is 1.46. The Balaban J connectivity index is 2.88. The molecule has 8 heavy (non-hydrogen) atoms. The van der Waals surface area contributed by atoms with Crippen molar-refractivity contribution in [3.8, 4) is 0 Å². The van der Waals surface area contributed by atoms with Crippen LogP contribution in [0.25, 0.3) is 0 Å². The lowest BCUT2D eigenvalue weighted by molar-refractivity contribution is 0.470. The maximum absolute atomic E-state index is 8.45. The van der Waals surface area contributed by atoms with Gasteiger partial charge in [0.25, 0.3) is 0 Å². The summed E-state index contributed by atoms with van der Waals surface area (Å²) >= 11 is 3.24. The highest BCUT2D eigenvalue weighted by Gasteiger charge is 1.99. The highest BCUT2D eigenvalue weighted by molar-refractivity contribution is 9.12. The Bertz CT molecular complexity index is 177. The van der Waals surface area contributed by atoms with Crippen LogP contribution in [-0.4, -0.2) is 5.11 Å². The normalized spacial score (nSPS) is 22.1. The van der Waals surface area contributed by atoms with E-state index in [1.165, 1.54) is 0 Å². The molecule has 0 saturated heterocycles. The van der Waals surface area contributed by atoms with Crippen molar-refractivity contribution in [2.45, 2.75) is 0 Å². The number of hydrogen-bond donors (Lipinski definition) is 1. The summed E-state index contributed by atoms with van der Waals surface area (Å²) in [4.78, 5) is 0. The van der Waals surface area contributed by atoms with E-state index in [4.69, 9.17) is 5.11 Å². The van der Waals surface area contributed by atoms with Gasteiger partial charge in [-0.1, -0.05) is 28.1 Å². The molecular formula is C6H5BrO. The van der Waals surface area contributed by atoms with E-state index in [-0.39, 0.29) is 0 Å². The van der Waals surface area contributed by atoms with Crippen LogP contribution < -0.4 is 0 Å². The lowest BCUT2D eigenvalue weighted by Gasteiger charge is -1.87. The molecule has 0 fully saturated rings. The summed E-state index contributed by atoms with van der Waals surface area (Å²) in [6.07, 6.45) is 6.64. The van der Waals surface area contributed by atoms with Gasteiger partial charge in [0.15, 0.2) is 0 Å². The van der Waals surface area contributed by atoms with Crippen LogP contribution in [0.2, 0.25) is 0 Å².